The molecule has 1 aromatic heterocycles. The smallest absolute Gasteiger partial charge is 0.246 e. The second-order valence-corrected chi connectivity index (χ2v) is 6.63. The fourth-order valence-electron chi connectivity index (χ4n) is 2.39. The van der Waals surface area contributed by atoms with Gasteiger partial charge in [-0.2, -0.15) is 0 Å². The Balaban J connectivity index is 2.68. The van der Waals surface area contributed by atoms with E-state index in [0.29, 0.717) is 5.57 Å². The molecule has 0 atom stereocenters. The maximum atomic E-state index is 13.1. The molecule has 0 saturated heterocycles. The van der Waals surface area contributed by atoms with Crippen molar-refractivity contribution < 1.29 is 18.8 Å². The Morgan fingerprint density at radius 1 is 0.759 bits per heavy atom. The third kappa shape index (κ3) is 5.90. The molecule has 1 aromatic carbocycles. The lowest BCUT2D eigenvalue weighted by atomic mass is 9.95. The molecule has 1 heterocycles. The van der Waals surface area contributed by atoms with Gasteiger partial charge in [0, 0.05) is 45.9 Å². The van der Waals surface area contributed by atoms with E-state index in [9.17, 15) is 14.4 Å². The summed E-state index contributed by atoms with van der Waals surface area (Å²) in [5.74, 6) is -0.742. The molecule has 6 heteroatoms. The lowest BCUT2D eigenvalue weighted by molar-refractivity contribution is -0.124. The minimum Gasteiger partial charge on any atom is -0.461 e. The molecule has 0 unspecified atom stereocenters. The molecule has 0 fully saturated rings. The normalized spacial score (nSPS) is 12.1. The van der Waals surface area contributed by atoms with Crippen molar-refractivity contribution in [3.63, 3.8) is 0 Å². The lowest BCUT2D eigenvalue weighted by Gasteiger charge is -2.11. The number of likely N-dealkylation sites (N-methyl/N-ethyl adjacent to an activating group) is 2. The van der Waals surface area contributed by atoms with Crippen molar-refractivity contribution in [2.24, 2.45) is 0 Å². The van der Waals surface area contributed by atoms with E-state index in [4.69, 9.17) is 4.42 Å². The number of amides is 2. The van der Waals surface area contributed by atoms with Gasteiger partial charge in [-0.1, -0.05) is 30.3 Å². The summed E-state index contributed by atoms with van der Waals surface area (Å²) in [6.45, 7) is 0. The number of carbonyl (C=O) groups excluding carboxylic acids is 3. The highest BCUT2D eigenvalue weighted by Crippen LogP contribution is 2.25. The van der Waals surface area contributed by atoms with Crippen LogP contribution >= 0.6 is 0 Å². The molecule has 0 aliphatic heterocycles. The summed E-state index contributed by atoms with van der Waals surface area (Å²) in [6, 6.07) is 12.4. The Kier molecular flexibility index (Phi) is 7.48. The van der Waals surface area contributed by atoms with Gasteiger partial charge < -0.3 is 14.2 Å². The minimum absolute atomic E-state index is 0.141. The molecule has 0 aliphatic carbocycles. The van der Waals surface area contributed by atoms with E-state index in [1.54, 1.807) is 46.4 Å². The molecule has 150 valence electrons. The second kappa shape index (κ2) is 10.0. The number of furan rings is 1. The fourth-order valence-corrected chi connectivity index (χ4v) is 2.39. The summed E-state index contributed by atoms with van der Waals surface area (Å²) >= 11 is 0. The molecule has 0 aliphatic rings. The molecular weight excluding hydrogens is 368 g/mol. The van der Waals surface area contributed by atoms with Crippen molar-refractivity contribution in [1.82, 2.24) is 9.80 Å². The third-order valence-corrected chi connectivity index (χ3v) is 4.03. The average molecular weight is 392 g/mol. The van der Waals surface area contributed by atoms with Gasteiger partial charge in [0.05, 0.1) is 6.26 Å². The van der Waals surface area contributed by atoms with Crippen molar-refractivity contribution >= 4 is 23.2 Å². The number of carbonyl (C=O) groups is 3. The first-order valence-corrected chi connectivity index (χ1v) is 8.98. The van der Waals surface area contributed by atoms with E-state index in [0.717, 1.165) is 5.56 Å². The number of ketones is 1. The number of nitrogens with zero attached hydrogens (tertiary/aromatic N) is 2. The van der Waals surface area contributed by atoms with Gasteiger partial charge in [-0.3, -0.25) is 14.4 Å². The standard InChI is InChI=1S/C23H24N2O4/c1-24(2)21(26)14-12-18(17-9-6-5-7-10-17)19(13-15-22(27)25(3)4)23(28)20-11-8-16-29-20/h5-16H,1-4H3/b14-12+,15-13+,19-18+. The monoisotopic (exact) mass is 392 g/mol. The Morgan fingerprint density at radius 3 is 1.86 bits per heavy atom. The number of benzene rings is 1. The SMILES string of the molecule is CN(C)C(=O)/C=C/C(C(=O)c1ccco1)=C(/C=C/C(=O)N(C)C)c1ccccc1. The number of hydrogen-bond donors (Lipinski definition) is 0. The predicted octanol–water partition coefficient (Wildman–Crippen LogP) is 3.20. The van der Waals surface area contributed by atoms with Crippen LogP contribution in [-0.4, -0.2) is 55.6 Å². The highest BCUT2D eigenvalue weighted by atomic mass is 16.3. The Labute approximate surface area is 170 Å². The summed E-state index contributed by atoms with van der Waals surface area (Å²) in [4.78, 5) is 40.1. The zero-order valence-corrected chi connectivity index (χ0v) is 17.0. The molecular formula is C23H24N2O4. The van der Waals surface area contributed by atoms with Crippen LogP contribution in [0.15, 0.2) is 83.0 Å². The van der Waals surface area contributed by atoms with Crippen LogP contribution in [-0.2, 0) is 9.59 Å². The zero-order valence-electron chi connectivity index (χ0n) is 17.0. The summed E-state index contributed by atoms with van der Waals surface area (Å²) in [7, 11) is 6.53. The maximum absolute atomic E-state index is 13.1. The number of hydrogen-bond acceptors (Lipinski definition) is 4. The van der Waals surface area contributed by atoms with Crippen molar-refractivity contribution in [2.75, 3.05) is 28.2 Å². The molecule has 2 aromatic rings. The lowest BCUT2D eigenvalue weighted by Crippen LogP contribution is -2.19. The summed E-state index contributed by atoms with van der Waals surface area (Å²) in [5, 5.41) is 0. The largest absolute Gasteiger partial charge is 0.461 e. The first-order valence-electron chi connectivity index (χ1n) is 8.98. The minimum atomic E-state index is -0.390. The van der Waals surface area contributed by atoms with Crippen LogP contribution in [0.2, 0.25) is 0 Å². The molecule has 0 radical (unpaired) electrons. The van der Waals surface area contributed by atoms with Gasteiger partial charge in [-0.15, -0.1) is 0 Å². The van der Waals surface area contributed by atoms with E-state index >= 15 is 0 Å². The average Bonchev–Trinajstić information content (AvgIpc) is 3.24. The Bertz CT molecular complexity index is 950. The molecule has 29 heavy (non-hydrogen) atoms. The van der Waals surface area contributed by atoms with Crippen molar-refractivity contribution in [1.29, 1.82) is 0 Å². The van der Waals surface area contributed by atoms with E-state index in [2.05, 4.69) is 0 Å². The quantitative estimate of drug-likeness (QED) is 0.412. The number of Topliss-reactive ketones (excluding diaryl/α,β-unsaturated/α-hetero) is 1. The van der Waals surface area contributed by atoms with Crippen LogP contribution in [0.5, 0.6) is 0 Å². The second-order valence-electron chi connectivity index (χ2n) is 6.63. The molecule has 2 amide bonds. The molecule has 0 saturated carbocycles. The van der Waals surface area contributed by atoms with Crippen LogP contribution in [0.3, 0.4) is 0 Å². The van der Waals surface area contributed by atoms with Gasteiger partial charge in [-0.25, -0.2) is 0 Å². The zero-order chi connectivity index (χ0) is 21.4. The van der Waals surface area contributed by atoms with Crippen molar-refractivity contribution in [3.8, 4) is 0 Å². The summed E-state index contributed by atoms with van der Waals surface area (Å²) in [5.41, 5.74) is 1.47. The van der Waals surface area contributed by atoms with Crippen LogP contribution in [0.1, 0.15) is 16.1 Å². The van der Waals surface area contributed by atoms with Crippen molar-refractivity contribution in [3.05, 3.63) is 89.9 Å². The van der Waals surface area contributed by atoms with Crippen LogP contribution in [0.4, 0.5) is 0 Å². The van der Waals surface area contributed by atoms with Crippen LogP contribution < -0.4 is 0 Å². The van der Waals surface area contributed by atoms with Gasteiger partial charge in [0.15, 0.2) is 5.76 Å². The Morgan fingerprint density at radius 2 is 1.34 bits per heavy atom. The van der Waals surface area contributed by atoms with Crippen molar-refractivity contribution in [2.45, 2.75) is 0 Å². The van der Waals surface area contributed by atoms with Crippen LogP contribution in [0, 0.1) is 0 Å². The van der Waals surface area contributed by atoms with Crippen LogP contribution in [0.25, 0.3) is 5.57 Å². The number of allylic oxidation sites excluding steroid dienone is 4. The highest BCUT2D eigenvalue weighted by Gasteiger charge is 2.18. The first kappa shape index (κ1) is 21.6. The van der Waals surface area contributed by atoms with Gasteiger partial charge in [0.25, 0.3) is 0 Å². The van der Waals surface area contributed by atoms with Gasteiger partial charge >= 0.3 is 0 Å². The molecule has 0 bridgehead atoms. The predicted molar refractivity (Wildman–Crippen MR) is 112 cm³/mol. The van der Waals surface area contributed by atoms with E-state index in [1.807, 2.05) is 30.3 Å². The van der Waals surface area contributed by atoms with E-state index < -0.39 is 5.78 Å². The van der Waals surface area contributed by atoms with Gasteiger partial charge in [-0.05, 0) is 35.4 Å². The topological polar surface area (TPSA) is 70.8 Å². The molecule has 6 nitrogen and oxygen atoms in total. The van der Waals surface area contributed by atoms with Gasteiger partial charge in [0.1, 0.15) is 0 Å². The third-order valence-electron chi connectivity index (χ3n) is 4.03. The van der Waals surface area contributed by atoms with E-state index in [-0.39, 0.29) is 23.1 Å². The number of rotatable bonds is 7. The fraction of sp³-hybridized carbons (Fsp3) is 0.174. The summed E-state index contributed by atoms with van der Waals surface area (Å²) < 4.78 is 5.27. The maximum Gasteiger partial charge on any atom is 0.246 e. The highest BCUT2D eigenvalue weighted by molar-refractivity contribution is 6.15. The van der Waals surface area contributed by atoms with Gasteiger partial charge in [0.2, 0.25) is 17.6 Å². The first-order chi connectivity index (χ1) is 13.8. The Hall–Kier alpha value is -3.67. The molecule has 0 N–H and O–H groups in total. The molecule has 2 rings (SSSR count). The molecule has 0 spiro atoms. The summed E-state index contributed by atoms with van der Waals surface area (Å²) in [6.07, 6.45) is 7.16. The van der Waals surface area contributed by atoms with E-state index in [1.165, 1.54) is 34.3 Å².